The molecule has 0 radical (unpaired) electrons. The van der Waals surface area contributed by atoms with Gasteiger partial charge in [0.1, 0.15) is 5.82 Å². The van der Waals surface area contributed by atoms with E-state index < -0.39 is 5.41 Å². The highest BCUT2D eigenvalue weighted by Crippen LogP contribution is 2.55. The Morgan fingerprint density at radius 1 is 0.585 bits per heavy atom. The van der Waals surface area contributed by atoms with Gasteiger partial charge in [0.25, 0.3) is 0 Å². The van der Waals surface area contributed by atoms with E-state index in [0.717, 1.165) is 11.1 Å². The second-order valence-corrected chi connectivity index (χ2v) is 11.5. The second-order valence-electron chi connectivity index (χ2n) is 10.6. The van der Waals surface area contributed by atoms with Crippen molar-refractivity contribution in [1.82, 2.24) is 4.57 Å². The molecule has 0 saturated heterocycles. The van der Waals surface area contributed by atoms with E-state index in [2.05, 4.69) is 126 Å². The Kier molecular flexibility index (Phi) is 5.45. The monoisotopic (exact) mass is 547 g/mol. The number of hydrogen-bond acceptors (Lipinski definition) is 1. The van der Waals surface area contributed by atoms with Gasteiger partial charge in [0.15, 0.2) is 0 Å². The minimum absolute atomic E-state index is 0.226. The molecule has 196 valence electrons. The van der Waals surface area contributed by atoms with Crippen LogP contribution in [0.3, 0.4) is 0 Å². The summed E-state index contributed by atoms with van der Waals surface area (Å²) in [5.74, 6) is -0.226. The van der Waals surface area contributed by atoms with Gasteiger partial charge in [-0.25, -0.2) is 4.39 Å². The van der Waals surface area contributed by atoms with Crippen LogP contribution in [0.4, 0.5) is 4.39 Å². The van der Waals surface area contributed by atoms with Crippen LogP contribution in [0.15, 0.2) is 144 Å². The molecule has 0 N–H and O–H groups in total. The summed E-state index contributed by atoms with van der Waals surface area (Å²) in [6.45, 7) is 0. The zero-order chi connectivity index (χ0) is 27.6. The lowest BCUT2D eigenvalue weighted by Gasteiger charge is -2.42. The van der Waals surface area contributed by atoms with Crippen molar-refractivity contribution >= 4 is 33.6 Å². The highest BCUT2D eigenvalue weighted by atomic mass is 32.2. The third-order valence-corrected chi connectivity index (χ3v) is 9.43. The topological polar surface area (TPSA) is 4.93 Å². The maximum absolute atomic E-state index is 13.9. The fourth-order valence-electron chi connectivity index (χ4n) is 6.99. The lowest BCUT2D eigenvalue weighted by Crippen LogP contribution is -2.36. The van der Waals surface area contributed by atoms with Crippen molar-refractivity contribution in [1.29, 1.82) is 0 Å². The van der Waals surface area contributed by atoms with Crippen molar-refractivity contribution in [2.24, 2.45) is 0 Å². The van der Waals surface area contributed by atoms with Gasteiger partial charge in [0, 0.05) is 15.7 Å². The number of nitrogens with zero attached hydrogens (tertiary/aromatic N) is 1. The molecule has 1 aromatic heterocycles. The molecule has 8 rings (SSSR count). The first-order chi connectivity index (χ1) is 20.2. The van der Waals surface area contributed by atoms with Crippen LogP contribution >= 0.6 is 11.8 Å². The minimum Gasteiger partial charge on any atom is -0.309 e. The molecular formula is C38H26FNS. The standard InChI is InChI=1S/C38H26FNS/c1-41-36-19-7-4-15-32(36)38(27-11-8-10-26(24-27)25-20-22-28(39)23-21-25)31-14-3-6-18-35(31)40-34-17-5-2-12-29(34)30-13-9-16-33(38)37(30)40/h2-24H,1H3. The summed E-state index contributed by atoms with van der Waals surface area (Å²) in [4.78, 5) is 1.25. The molecule has 2 heterocycles. The average molecular weight is 548 g/mol. The molecule has 41 heavy (non-hydrogen) atoms. The summed E-state index contributed by atoms with van der Waals surface area (Å²) >= 11 is 1.79. The summed E-state index contributed by atoms with van der Waals surface area (Å²) in [5.41, 5.74) is 10.1. The first kappa shape index (κ1) is 24.2. The summed E-state index contributed by atoms with van der Waals surface area (Å²) in [6.07, 6.45) is 2.16. The van der Waals surface area contributed by atoms with Gasteiger partial charge in [-0.3, -0.25) is 0 Å². The molecule has 6 aromatic carbocycles. The summed E-state index contributed by atoms with van der Waals surface area (Å²) in [6, 6.07) is 48.8. The van der Waals surface area contributed by atoms with Crippen molar-refractivity contribution in [2.45, 2.75) is 10.3 Å². The van der Waals surface area contributed by atoms with Gasteiger partial charge in [0.05, 0.1) is 22.1 Å². The third kappa shape index (κ3) is 3.36. The number of thioether (sulfide) groups is 1. The van der Waals surface area contributed by atoms with Gasteiger partial charge in [-0.15, -0.1) is 11.8 Å². The molecule has 0 spiro atoms. The Morgan fingerprint density at radius 2 is 1.27 bits per heavy atom. The summed E-state index contributed by atoms with van der Waals surface area (Å²) < 4.78 is 16.3. The van der Waals surface area contributed by atoms with E-state index in [1.165, 1.54) is 66.8 Å². The van der Waals surface area contributed by atoms with E-state index in [4.69, 9.17) is 0 Å². The molecule has 0 amide bonds. The van der Waals surface area contributed by atoms with Crippen LogP contribution in [0.5, 0.6) is 0 Å². The molecule has 3 heteroatoms. The number of aromatic nitrogens is 1. The molecule has 1 unspecified atom stereocenters. The zero-order valence-corrected chi connectivity index (χ0v) is 23.3. The van der Waals surface area contributed by atoms with E-state index in [-0.39, 0.29) is 5.82 Å². The molecule has 7 aromatic rings. The normalized spacial score (nSPS) is 15.8. The number of benzene rings is 6. The predicted octanol–water partition coefficient (Wildman–Crippen LogP) is 10.0. The van der Waals surface area contributed by atoms with Gasteiger partial charge >= 0.3 is 0 Å². The van der Waals surface area contributed by atoms with E-state index in [9.17, 15) is 4.39 Å². The van der Waals surface area contributed by atoms with Crippen LogP contribution in [0.1, 0.15) is 22.3 Å². The Labute approximate surface area is 242 Å². The van der Waals surface area contributed by atoms with E-state index in [1.54, 1.807) is 11.8 Å². The van der Waals surface area contributed by atoms with Crippen LogP contribution in [-0.2, 0) is 5.41 Å². The molecule has 1 aliphatic rings. The van der Waals surface area contributed by atoms with E-state index >= 15 is 0 Å². The van der Waals surface area contributed by atoms with Crippen LogP contribution in [0.25, 0.3) is 38.6 Å². The summed E-state index contributed by atoms with van der Waals surface area (Å²) in [5, 5.41) is 2.52. The first-order valence-corrected chi connectivity index (χ1v) is 15.1. The third-order valence-electron chi connectivity index (χ3n) is 8.63. The number of halogens is 1. The maximum atomic E-state index is 13.9. The predicted molar refractivity (Wildman–Crippen MR) is 170 cm³/mol. The SMILES string of the molecule is CSc1ccccc1C1(c2cccc(-c3ccc(F)cc3)c2)c2ccccc2-n2c3ccccc3c3cccc1c32. The molecule has 1 atom stereocenters. The van der Waals surface area contributed by atoms with Crippen molar-refractivity contribution in [2.75, 3.05) is 6.26 Å². The minimum atomic E-state index is -0.573. The van der Waals surface area contributed by atoms with Crippen LogP contribution in [-0.4, -0.2) is 10.8 Å². The largest absolute Gasteiger partial charge is 0.309 e. The number of para-hydroxylation sites is 3. The molecule has 1 aliphatic heterocycles. The molecule has 0 saturated carbocycles. The highest BCUT2D eigenvalue weighted by molar-refractivity contribution is 7.98. The Morgan fingerprint density at radius 3 is 2.12 bits per heavy atom. The lowest BCUT2D eigenvalue weighted by molar-refractivity contribution is 0.628. The van der Waals surface area contributed by atoms with Gasteiger partial charge in [-0.05, 0) is 76.0 Å². The van der Waals surface area contributed by atoms with Crippen molar-refractivity contribution in [3.8, 4) is 16.8 Å². The zero-order valence-electron chi connectivity index (χ0n) is 22.5. The number of hydrogen-bond donors (Lipinski definition) is 0. The van der Waals surface area contributed by atoms with Gasteiger partial charge in [0.2, 0.25) is 0 Å². The number of rotatable bonds is 4. The molecule has 0 fully saturated rings. The molecule has 0 bridgehead atoms. The van der Waals surface area contributed by atoms with E-state index in [0.29, 0.717) is 0 Å². The first-order valence-electron chi connectivity index (χ1n) is 13.8. The highest BCUT2D eigenvalue weighted by Gasteiger charge is 2.46. The smallest absolute Gasteiger partial charge is 0.123 e. The quantitative estimate of drug-likeness (QED) is 0.199. The van der Waals surface area contributed by atoms with Crippen LogP contribution in [0, 0.1) is 5.82 Å². The molecule has 1 nitrogen and oxygen atoms in total. The Hall–Kier alpha value is -4.60. The van der Waals surface area contributed by atoms with Gasteiger partial charge in [-0.2, -0.15) is 0 Å². The number of fused-ring (bicyclic) bond motifs is 5. The van der Waals surface area contributed by atoms with Gasteiger partial charge < -0.3 is 4.57 Å². The fourth-order valence-corrected chi connectivity index (χ4v) is 7.64. The average Bonchev–Trinajstić information content (AvgIpc) is 3.38. The van der Waals surface area contributed by atoms with Crippen molar-refractivity contribution in [3.63, 3.8) is 0 Å². The molecule has 0 aliphatic carbocycles. The summed E-state index contributed by atoms with van der Waals surface area (Å²) in [7, 11) is 0. The molecular weight excluding hydrogens is 521 g/mol. The van der Waals surface area contributed by atoms with E-state index in [1.807, 2.05) is 12.1 Å². The Bertz CT molecular complexity index is 2110. The van der Waals surface area contributed by atoms with Crippen LogP contribution < -0.4 is 0 Å². The maximum Gasteiger partial charge on any atom is 0.123 e. The van der Waals surface area contributed by atoms with Gasteiger partial charge in [-0.1, -0.05) is 103 Å². The van der Waals surface area contributed by atoms with Crippen LogP contribution in [0.2, 0.25) is 0 Å². The fraction of sp³-hybridized carbons (Fsp3) is 0.0526. The lowest BCUT2D eigenvalue weighted by atomic mass is 9.63. The van der Waals surface area contributed by atoms with Crippen molar-refractivity contribution in [3.05, 3.63) is 168 Å². The Balaban J connectivity index is 1.58. The second kappa shape index (κ2) is 9.22. The van der Waals surface area contributed by atoms with Crippen molar-refractivity contribution < 1.29 is 4.39 Å².